The molecule has 3 rings (SSSR count). The van der Waals surface area contributed by atoms with E-state index in [9.17, 15) is 0 Å². The zero-order valence-electron chi connectivity index (χ0n) is 10.7. The lowest BCUT2D eigenvalue weighted by atomic mass is 9.84. The number of hydrogen-bond donors (Lipinski definition) is 0. The van der Waals surface area contributed by atoms with Crippen LogP contribution in [0.3, 0.4) is 0 Å². The highest BCUT2D eigenvalue weighted by molar-refractivity contribution is 5.81. The molecule has 2 aromatic heterocycles. The maximum absolute atomic E-state index is 4.65. The molecule has 1 fully saturated rings. The molecule has 2 heterocycles. The number of rotatable bonds is 1. The SMILES string of the molecule is Cc1ccc2c(C3CCCCC3)cn(C)c2n1. The van der Waals surface area contributed by atoms with Gasteiger partial charge in [0.1, 0.15) is 5.65 Å². The first-order chi connectivity index (χ1) is 8.25. The standard InChI is InChI=1S/C15H20N2/c1-11-8-9-13-14(10-17(2)15(13)16-11)12-6-4-3-5-7-12/h8-10,12H,3-7H2,1-2H3. The molecule has 2 nitrogen and oxygen atoms in total. The van der Waals surface area contributed by atoms with Gasteiger partial charge in [0.25, 0.3) is 0 Å². The first-order valence-electron chi connectivity index (χ1n) is 6.68. The quantitative estimate of drug-likeness (QED) is 0.723. The summed E-state index contributed by atoms with van der Waals surface area (Å²) in [6, 6.07) is 4.39. The molecule has 0 N–H and O–H groups in total. The molecule has 0 amide bonds. The maximum atomic E-state index is 4.65. The summed E-state index contributed by atoms with van der Waals surface area (Å²) in [6.07, 6.45) is 9.20. The number of aromatic nitrogens is 2. The predicted molar refractivity (Wildman–Crippen MR) is 71.3 cm³/mol. The minimum atomic E-state index is 0.761. The average molecular weight is 228 g/mol. The van der Waals surface area contributed by atoms with Gasteiger partial charge in [-0.15, -0.1) is 0 Å². The Labute approximate surface area is 103 Å². The lowest BCUT2D eigenvalue weighted by Crippen LogP contribution is -2.03. The fraction of sp³-hybridized carbons (Fsp3) is 0.533. The van der Waals surface area contributed by atoms with Crippen LogP contribution >= 0.6 is 0 Å². The van der Waals surface area contributed by atoms with Crippen molar-refractivity contribution in [2.75, 3.05) is 0 Å². The van der Waals surface area contributed by atoms with E-state index in [1.165, 1.54) is 43.1 Å². The molecule has 0 saturated heterocycles. The maximum Gasteiger partial charge on any atom is 0.140 e. The smallest absolute Gasteiger partial charge is 0.140 e. The molecular formula is C15H20N2. The Kier molecular flexibility index (Phi) is 2.65. The van der Waals surface area contributed by atoms with Gasteiger partial charge in [-0.2, -0.15) is 0 Å². The molecule has 1 aliphatic rings. The Morgan fingerprint density at radius 3 is 2.71 bits per heavy atom. The molecule has 2 heteroatoms. The van der Waals surface area contributed by atoms with Gasteiger partial charge < -0.3 is 4.57 Å². The Morgan fingerprint density at radius 1 is 1.18 bits per heavy atom. The van der Waals surface area contributed by atoms with Crippen molar-refractivity contribution in [3.05, 3.63) is 29.6 Å². The van der Waals surface area contributed by atoms with E-state index in [1.807, 2.05) is 0 Å². The van der Waals surface area contributed by atoms with Crippen molar-refractivity contribution in [2.45, 2.75) is 44.9 Å². The van der Waals surface area contributed by atoms with Crippen LogP contribution < -0.4 is 0 Å². The number of fused-ring (bicyclic) bond motifs is 1. The van der Waals surface area contributed by atoms with Gasteiger partial charge in [0.2, 0.25) is 0 Å². The molecule has 0 unspecified atom stereocenters. The van der Waals surface area contributed by atoms with Crippen LogP contribution in [0.2, 0.25) is 0 Å². The molecule has 0 atom stereocenters. The van der Waals surface area contributed by atoms with E-state index in [2.05, 4.69) is 41.9 Å². The Morgan fingerprint density at radius 2 is 1.94 bits per heavy atom. The zero-order chi connectivity index (χ0) is 11.8. The van der Waals surface area contributed by atoms with E-state index in [0.717, 1.165) is 17.3 Å². The molecule has 0 aromatic carbocycles. The van der Waals surface area contributed by atoms with Crippen molar-refractivity contribution in [1.82, 2.24) is 9.55 Å². The molecule has 1 aliphatic carbocycles. The van der Waals surface area contributed by atoms with Gasteiger partial charge in [0, 0.05) is 24.3 Å². The summed E-state index contributed by atoms with van der Waals surface area (Å²) in [7, 11) is 2.11. The minimum Gasteiger partial charge on any atom is -0.335 e. The third kappa shape index (κ3) is 1.86. The fourth-order valence-corrected chi connectivity index (χ4v) is 3.12. The highest BCUT2D eigenvalue weighted by atomic mass is 15.0. The van der Waals surface area contributed by atoms with Crippen LogP contribution in [0.5, 0.6) is 0 Å². The second-order valence-electron chi connectivity index (χ2n) is 5.35. The van der Waals surface area contributed by atoms with Crippen molar-refractivity contribution in [3.8, 4) is 0 Å². The minimum absolute atomic E-state index is 0.761. The molecule has 1 saturated carbocycles. The van der Waals surface area contributed by atoms with Crippen LogP contribution in [0.1, 0.15) is 49.3 Å². The predicted octanol–water partition coefficient (Wildman–Crippen LogP) is 3.93. The number of pyridine rings is 1. The van der Waals surface area contributed by atoms with Gasteiger partial charge in [0.05, 0.1) is 0 Å². The third-order valence-electron chi connectivity index (χ3n) is 4.04. The second-order valence-corrected chi connectivity index (χ2v) is 5.35. The van der Waals surface area contributed by atoms with Crippen LogP contribution in [-0.4, -0.2) is 9.55 Å². The van der Waals surface area contributed by atoms with Crippen molar-refractivity contribution >= 4 is 11.0 Å². The van der Waals surface area contributed by atoms with Gasteiger partial charge in [-0.1, -0.05) is 19.3 Å². The van der Waals surface area contributed by atoms with E-state index in [0.29, 0.717) is 0 Å². The van der Waals surface area contributed by atoms with Gasteiger partial charge in [-0.25, -0.2) is 4.98 Å². The first kappa shape index (κ1) is 10.8. The van der Waals surface area contributed by atoms with Crippen LogP contribution in [0.4, 0.5) is 0 Å². The molecule has 17 heavy (non-hydrogen) atoms. The largest absolute Gasteiger partial charge is 0.335 e. The molecule has 0 bridgehead atoms. The van der Waals surface area contributed by atoms with Gasteiger partial charge >= 0.3 is 0 Å². The van der Waals surface area contributed by atoms with E-state index < -0.39 is 0 Å². The molecule has 0 radical (unpaired) electrons. The van der Waals surface area contributed by atoms with E-state index in [-0.39, 0.29) is 0 Å². The van der Waals surface area contributed by atoms with Crippen LogP contribution in [0, 0.1) is 6.92 Å². The first-order valence-corrected chi connectivity index (χ1v) is 6.68. The summed E-state index contributed by atoms with van der Waals surface area (Å²) in [4.78, 5) is 4.65. The van der Waals surface area contributed by atoms with E-state index >= 15 is 0 Å². The topological polar surface area (TPSA) is 17.8 Å². The Balaban J connectivity index is 2.10. The van der Waals surface area contributed by atoms with Gasteiger partial charge in [0.15, 0.2) is 0 Å². The summed E-state index contributed by atoms with van der Waals surface area (Å²) in [5.41, 5.74) is 3.77. The van der Waals surface area contributed by atoms with Crippen LogP contribution in [0.15, 0.2) is 18.3 Å². The van der Waals surface area contributed by atoms with E-state index in [4.69, 9.17) is 0 Å². The number of hydrogen-bond acceptors (Lipinski definition) is 1. The summed E-state index contributed by atoms with van der Waals surface area (Å²) < 4.78 is 2.19. The van der Waals surface area contributed by atoms with Crippen LogP contribution in [-0.2, 0) is 7.05 Å². The van der Waals surface area contributed by atoms with E-state index in [1.54, 1.807) is 0 Å². The lowest BCUT2D eigenvalue weighted by molar-refractivity contribution is 0.445. The van der Waals surface area contributed by atoms with Crippen molar-refractivity contribution < 1.29 is 0 Å². The lowest BCUT2D eigenvalue weighted by Gasteiger charge is -2.21. The molecule has 0 spiro atoms. The number of nitrogens with zero attached hydrogens (tertiary/aromatic N) is 2. The summed E-state index contributed by atoms with van der Waals surface area (Å²) >= 11 is 0. The highest BCUT2D eigenvalue weighted by Gasteiger charge is 2.19. The van der Waals surface area contributed by atoms with Crippen molar-refractivity contribution in [3.63, 3.8) is 0 Å². The molecule has 2 aromatic rings. The van der Waals surface area contributed by atoms with Gasteiger partial charge in [-0.05, 0) is 43.4 Å². The van der Waals surface area contributed by atoms with Gasteiger partial charge in [-0.3, -0.25) is 0 Å². The average Bonchev–Trinajstić information content (AvgIpc) is 2.68. The number of aryl methyl sites for hydroxylation is 2. The highest BCUT2D eigenvalue weighted by Crippen LogP contribution is 2.36. The fourth-order valence-electron chi connectivity index (χ4n) is 3.12. The van der Waals surface area contributed by atoms with Crippen molar-refractivity contribution in [1.29, 1.82) is 0 Å². The second kappa shape index (κ2) is 4.17. The Bertz CT molecular complexity index is 533. The summed E-state index contributed by atoms with van der Waals surface area (Å²) in [5.74, 6) is 0.761. The monoisotopic (exact) mass is 228 g/mol. The van der Waals surface area contributed by atoms with Crippen LogP contribution in [0.25, 0.3) is 11.0 Å². The third-order valence-corrected chi connectivity index (χ3v) is 4.04. The summed E-state index contributed by atoms with van der Waals surface area (Å²) in [6.45, 7) is 2.06. The molecular weight excluding hydrogens is 208 g/mol. The molecule has 0 aliphatic heterocycles. The van der Waals surface area contributed by atoms with Crippen molar-refractivity contribution in [2.24, 2.45) is 7.05 Å². The Hall–Kier alpha value is -1.31. The zero-order valence-corrected chi connectivity index (χ0v) is 10.7. The summed E-state index contributed by atoms with van der Waals surface area (Å²) in [5, 5.41) is 1.37. The molecule has 90 valence electrons. The normalized spacial score (nSPS) is 17.8.